The van der Waals surface area contributed by atoms with Crippen molar-refractivity contribution in [2.45, 2.75) is 13.5 Å². The number of pyridine rings is 1. The molecule has 2 heterocycles. The lowest BCUT2D eigenvalue weighted by atomic mass is 9.99. The van der Waals surface area contributed by atoms with Crippen LogP contribution < -0.4 is 10.5 Å². The fraction of sp³-hybridized carbons (Fsp3) is 0.115. The van der Waals surface area contributed by atoms with Crippen LogP contribution in [-0.4, -0.2) is 33.1 Å². The molecule has 0 bridgehead atoms. The van der Waals surface area contributed by atoms with E-state index in [2.05, 4.69) is 40.7 Å². The van der Waals surface area contributed by atoms with Crippen LogP contribution in [0.15, 0.2) is 67.0 Å². The molecule has 0 saturated heterocycles. The van der Waals surface area contributed by atoms with Crippen LogP contribution in [0.3, 0.4) is 0 Å². The predicted octanol–water partition coefficient (Wildman–Crippen LogP) is 4.26. The first-order chi connectivity index (χ1) is 16.0. The molecule has 0 radical (unpaired) electrons. The third-order valence-corrected chi connectivity index (χ3v) is 5.97. The maximum absolute atomic E-state index is 12.3. The topological polar surface area (TPSA) is 107 Å². The quantitative estimate of drug-likeness (QED) is 0.411. The molecule has 7 heteroatoms. The van der Waals surface area contributed by atoms with E-state index in [1.54, 1.807) is 18.3 Å². The maximum Gasteiger partial charge on any atom is 0.341 e. The number of carboxylic acids is 1. The largest absolute Gasteiger partial charge is 0.480 e. The summed E-state index contributed by atoms with van der Waals surface area (Å²) in [6.45, 7) is 2.08. The SMILES string of the molecule is Cc1ccc2ccccc2c1Cn1c2cncc(OCC(=O)O)c2c2c(C(N)=O)cccc21. The van der Waals surface area contributed by atoms with Gasteiger partial charge in [0, 0.05) is 17.5 Å². The Kier molecular flexibility index (Phi) is 4.94. The Morgan fingerprint density at radius 2 is 1.82 bits per heavy atom. The molecule has 0 fully saturated rings. The molecule has 0 aliphatic carbocycles. The average molecular weight is 439 g/mol. The summed E-state index contributed by atoms with van der Waals surface area (Å²) in [5.74, 6) is -1.37. The van der Waals surface area contributed by atoms with Gasteiger partial charge in [0.25, 0.3) is 0 Å². The van der Waals surface area contributed by atoms with Crippen LogP contribution in [0.2, 0.25) is 0 Å². The summed E-state index contributed by atoms with van der Waals surface area (Å²) in [4.78, 5) is 27.7. The van der Waals surface area contributed by atoms with Crippen molar-refractivity contribution in [3.8, 4) is 5.75 Å². The molecule has 2 aromatic heterocycles. The van der Waals surface area contributed by atoms with E-state index < -0.39 is 18.5 Å². The van der Waals surface area contributed by atoms with E-state index in [-0.39, 0.29) is 0 Å². The highest BCUT2D eigenvalue weighted by Crippen LogP contribution is 2.38. The third kappa shape index (κ3) is 3.43. The number of hydrogen-bond acceptors (Lipinski definition) is 4. The van der Waals surface area contributed by atoms with E-state index in [1.807, 2.05) is 18.2 Å². The lowest BCUT2D eigenvalue weighted by Gasteiger charge is -2.14. The number of hydrogen-bond donors (Lipinski definition) is 2. The van der Waals surface area contributed by atoms with Crippen molar-refractivity contribution in [2.24, 2.45) is 5.73 Å². The number of aryl methyl sites for hydroxylation is 1. The molecule has 7 nitrogen and oxygen atoms in total. The molecule has 33 heavy (non-hydrogen) atoms. The Hall–Kier alpha value is -4.39. The number of amides is 1. The number of nitrogens with two attached hydrogens (primary N) is 1. The van der Waals surface area contributed by atoms with Gasteiger partial charge in [-0.05, 0) is 41.0 Å². The van der Waals surface area contributed by atoms with E-state index in [0.29, 0.717) is 28.6 Å². The number of aromatic nitrogens is 2. The van der Waals surface area contributed by atoms with Gasteiger partial charge in [-0.2, -0.15) is 0 Å². The fourth-order valence-electron chi connectivity index (χ4n) is 4.48. The van der Waals surface area contributed by atoms with Crippen molar-refractivity contribution < 1.29 is 19.4 Å². The normalized spacial score (nSPS) is 11.3. The Labute approximate surface area is 189 Å². The van der Waals surface area contributed by atoms with Crippen LogP contribution in [0.1, 0.15) is 21.5 Å². The molecular formula is C26H21N3O4. The van der Waals surface area contributed by atoms with E-state index in [9.17, 15) is 9.59 Å². The average Bonchev–Trinajstić information content (AvgIpc) is 3.13. The van der Waals surface area contributed by atoms with Crippen molar-refractivity contribution in [1.82, 2.24) is 9.55 Å². The second-order valence-corrected chi connectivity index (χ2v) is 7.95. The first-order valence-corrected chi connectivity index (χ1v) is 10.5. The van der Waals surface area contributed by atoms with Gasteiger partial charge in [0.2, 0.25) is 5.91 Å². The third-order valence-electron chi connectivity index (χ3n) is 5.97. The zero-order valence-electron chi connectivity index (χ0n) is 17.9. The lowest BCUT2D eigenvalue weighted by Crippen LogP contribution is -2.11. The Bertz CT molecular complexity index is 1570. The second kappa shape index (κ2) is 7.94. The molecule has 0 saturated carbocycles. The zero-order valence-corrected chi connectivity index (χ0v) is 17.9. The van der Waals surface area contributed by atoms with E-state index in [4.69, 9.17) is 15.6 Å². The number of primary amides is 1. The monoisotopic (exact) mass is 439 g/mol. The minimum Gasteiger partial charge on any atom is -0.480 e. The smallest absolute Gasteiger partial charge is 0.341 e. The van der Waals surface area contributed by atoms with Gasteiger partial charge in [-0.3, -0.25) is 9.78 Å². The lowest BCUT2D eigenvalue weighted by molar-refractivity contribution is -0.139. The summed E-state index contributed by atoms with van der Waals surface area (Å²) < 4.78 is 7.63. The van der Waals surface area contributed by atoms with Gasteiger partial charge in [0.15, 0.2) is 6.61 Å². The van der Waals surface area contributed by atoms with Crippen molar-refractivity contribution >= 4 is 44.5 Å². The summed E-state index contributed by atoms with van der Waals surface area (Å²) in [5.41, 5.74) is 9.86. The van der Waals surface area contributed by atoms with Gasteiger partial charge in [-0.15, -0.1) is 0 Å². The number of nitrogens with zero attached hydrogens (tertiary/aromatic N) is 2. The molecule has 3 N–H and O–H groups in total. The van der Waals surface area contributed by atoms with Gasteiger partial charge in [-0.25, -0.2) is 4.79 Å². The van der Waals surface area contributed by atoms with Crippen molar-refractivity contribution in [2.75, 3.05) is 6.61 Å². The zero-order chi connectivity index (χ0) is 23.1. The fourth-order valence-corrected chi connectivity index (χ4v) is 4.48. The van der Waals surface area contributed by atoms with Crippen LogP contribution in [0.5, 0.6) is 5.75 Å². The number of ether oxygens (including phenoxy) is 1. The van der Waals surface area contributed by atoms with Gasteiger partial charge < -0.3 is 20.1 Å². The minimum atomic E-state index is -1.10. The molecule has 5 rings (SSSR count). The first kappa shape index (κ1) is 20.5. The molecule has 0 spiro atoms. The summed E-state index contributed by atoms with van der Waals surface area (Å²) in [6.07, 6.45) is 3.17. The summed E-state index contributed by atoms with van der Waals surface area (Å²) >= 11 is 0. The molecule has 0 atom stereocenters. The molecule has 0 aliphatic heterocycles. The van der Waals surface area contributed by atoms with Gasteiger partial charge in [0.05, 0.1) is 28.8 Å². The summed E-state index contributed by atoms with van der Waals surface area (Å²) in [5, 5.41) is 12.6. The van der Waals surface area contributed by atoms with Crippen LogP contribution in [0.25, 0.3) is 32.6 Å². The molecule has 5 aromatic rings. The van der Waals surface area contributed by atoms with E-state index >= 15 is 0 Å². The number of carboxylic acid groups (broad SMARTS) is 1. The van der Waals surface area contributed by atoms with Crippen LogP contribution in [0.4, 0.5) is 0 Å². The second-order valence-electron chi connectivity index (χ2n) is 7.95. The molecule has 0 unspecified atom stereocenters. The number of fused-ring (bicyclic) bond motifs is 4. The number of aliphatic carboxylic acids is 1. The van der Waals surface area contributed by atoms with Crippen molar-refractivity contribution in [3.05, 3.63) is 83.7 Å². The van der Waals surface area contributed by atoms with Crippen LogP contribution in [0, 0.1) is 6.92 Å². The van der Waals surface area contributed by atoms with Gasteiger partial charge >= 0.3 is 5.97 Å². The highest BCUT2D eigenvalue weighted by atomic mass is 16.5. The summed E-state index contributed by atoms with van der Waals surface area (Å²) in [7, 11) is 0. The Morgan fingerprint density at radius 3 is 2.61 bits per heavy atom. The van der Waals surface area contributed by atoms with E-state index in [1.165, 1.54) is 6.20 Å². The standard InChI is InChI=1S/C26H21N3O4/c1-15-9-10-16-5-2-3-6-17(16)19(15)13-29-20-8-4-7-18(26(27)32)24(20)25-21(29)11-28-12-22(25)33-14-23(30)31/h2-12H,13-14H2,1H3,(H2,27,32)(H,30,31). The summed E-state index contributed by atoms with van der Waals surface area (Å²) in [6, 6.07) is 17.8. The van der Waals surface area contributed by atoms with Gasteiger partial charge in [-0.1, -0.05) is 42.5 Å². The van der Waals surface area contributed by atoms with Crippen molar-refractivity contribution in [1.29, 1.82) is 0 Å². The minimum absolute atomic E-state index is 0.294. The number of carbonyl (C=O) groups excluding carboxylic acids is 1. The molecule has 1 amide bonds. The predicted molar refractivity (Wildman–Crippen MR) is 127 cm³/mol. The number of benzene rings is 3. The van der Waals surface area contributed by atoms with Crippen LogP contribution in [-0.2, 0) is 11.3 Å². The maximum atomic E-state index is 12.3. The van der Waals surface area contributed by atoms with Crippen LogP contribution >= 0.6 is 0 Å². The Balaban J connectivity index is 1.82. The van der Waals surface area contributed by atoms with Crippen molar-refractivity contribution in [3.63, 3.8) is 0 Å². The number of carbonyl (C=O) groups is 2. The molecular weight excluding hydrogens is 418 g/mol. The number of rotatable bonds is 6. The highest BCUT2D eigenvalue weighted by Gasteiger charge is 2.21. The Morgan fingerprint density at radius 1 is 1.00 bits per heavy atom. The molecule has 3 aromatic carbocycles. The van der Waals surface area contributed by atoms with Gasteiger partial charge in [0.1, 0.15) is 5.75 Å². The molecule has 0 aliphatic rings. The first-order valence-electron chi connectivity index (χ1n) is 10.5. The molecule has 164 valence electrons. The van der Waals surface area contributed by atoms with E-state index in [0.717, 1.165) is 32.9 Å². The highest BCUT2D eigenvalue weighted by molar-refractivity contribution is 6.19.